The summed E-state index contributed by atoms with van der Waals surface area (Å²) in [6.45, 7) is 8.65. The molecule has 1 aliphatic rings. The van der Waals surface area contributed by atoms with Crippen LogP contribution in [0, 0.1) is 5.82 Å². The van der Waals surface area contributed by atoms with Crippen molar-refractivity contribution in [2.45, 2.75) is 32.8 Å². The number of hydrogen-bond acceptors (Lipinski definition) is 4. The standard InChI is InChI=1S/C15H23FN2O2/c1-4-6-19-14-9-13(12(17)8-11(14)16)18-5-7-20-15(2,3)10-18/h8-9H,4-7,10,17H2,1-3H3. The Morgan fingerprint density at radius 2 is 2.20 bits per heavy atom. The van der Waals surface area contributed by atoms with Crippen LogP contribution in [0.3, 0.4) is 0 Å². The van der Waals surface area contributed by atoms with Crippen molar-refractivity contribution in [1.29, 1.82) is 0 Å². The van der Waals surface area contributed by atoms with Gasteiger partial charge in [0.25, 0.3) is 0 Å². The molecule has 0 aliphatic carbocycles. The fourth-order valence-corrected chi connectivity index (χ4v) is 2.38. The lowest BCUT2D eigenvalue weighted by Gasteiger charge is -2.40. The van der Waals surface area contributed by atoms with Crippen LogP contribution < -0.4 is 15.4 Å². The monoisotopic (exact) mass is 282 g/mol. The van der Waals surface area contributed by atoms with E-state index in [-0.39, 0.29) is 11.4 Å². The minimum atomic E-state index is -0.410. The fraction of sp³-hybridized carbons (Fsp3) is 0.600. The molecular weight excluding hydrogens is 259 g/mol. The third-order valence-corrected chi connectivity index (χ3v) is 3.31. The lowest BCUT2D eigenvalue weighted by Crippen LogP contribution is -2.48. The van der Waals surface area contributed by atoms with E-state index in [0.29, 0.717) is 18.9 Å². The van der Waals surface area contributed by atoms with Gasteiger partial charge in [0, 0.05) is 25.2 Å². The molecule has 4 nitrogen and oxygen atoms in total. The summed E-state index contributed by atoms with van der Waals surface area (Å²) < 4.78 is 24.9. The zero-order chi connectivity index (χ0) is 14.8. The first-order valence-electron chi connectivity index (χ1n) is 7.03. The van der Waals surface area contributed by atoms with Gasteiger partial charge in [-0.05, 0) is 20.3 Å². The number of nitrogens with two attached hydrogens (primary N) is 1. The van der Waals surface area contributed by atoms with Crippen molar-refractivity contribution in [3.8, 4) is 5.75 Å². The summed E-state index contributed by atoms with van der Waals surface area (Å²) in [5.41, 5.74) is 6.98. The Hall–Kier alpha value is -1.49. The van der Waals surface area contributed by atoms with E-state index in [9.17, 15) is 4.39 Å². The number of benzene rings is 1. The number of rotatable bonds is 4. The normalized spacial score (nSPS) is 18.1. The predicted molar refractivity (Wildman–Crippen MR) is 78.8 cm³/mol. The smallest absolute Gasteiger partial charge is 0.167 e. The Kier molecular flexibility index (Phi) is 4.38. The summed E-state index contributed by atoms with van der Waals surface area (Å²) in [6, 6.07) is 3.03. The molecule has 0 saturated carbocycles. The van der Waals surface area contributed by atoms with E-state index in [2.05, 4.69) is 4.90 Å². The number of hydrogen-bond donors (Lipinski definition) is 1. The summed E-state index contributed by atoms with van der Waals surface area (Å²) >= 11 is 0. The van der Waals surface area contributed by atoms with E-state index >= 15 is 0 Å². The predicted octanol–water partition coefficient (Wildman–Crippen LogP) is 2.81. The van der Waals surface area contributed by atoms with Gasteiger partial charge in [-0.3, -0.25) is 0 Å². The Balaban J connectivity index is 2.26. The van der Waals surface area contributed by atoms with Crippen LogP contribution in [0.2, 0.25) is 0 Å². The molecule has 1 fully saturated rings. The highest BCUT2D eigenvalue weighted by Gasteiger charge is 2.28. The van der Waals surface area contributed by atoms with Gasteiger partial charge in [0.15, 0.2) is 11.6 Å². The topological polar surface area (TPSA) is 47.7 Å². The third-order valence-electron chi connectivity index (χ3n) is 3.31. The molecule has 0 bridgehead atoms. The summed E-state index contributed by atoms with van der Waals surface area (Å²) in [5.74, 6) is -0.146. The SMILES string of the molecule is CCCOc1cc(N2CCOC(C)(C)C2)c(N)cc1F. The summed E-state index contributed by atoms with van der Waals surface area (Å²) in [4.78, 5) is 2.12. The molecule has 20 heavy (non-hydrogen) atoms. The summed E-state index contributed by atoms with van der Waals surface area (Å²) in [5, 5.41) is 0. The van der Waals surface area contributed by atoms with E-state index in [4.69, 9.17) is 15.2 Å². The van der Waals surface area contributed by atoms with E-state index in [1.165, 1.54) is 6.07 Å². The number of morpholine rings is 1. The van der Waals surface area contributed by atoms with Gasteiger partial charge in [-0.2, -0.15) is 0 Å². The second kappa shape index (κ2) is 5.87. The molecule has 0 amide bonds. The van der Waals surface area contributed by atoms with Crippen LogP contribution in [0.15, 0.2) is 12.1 Å². The highest BCUT2D eigenvalue weighted by molar-refractivity contribution is 5.70. The van der Waals surface area contributed by atoms with Gasteiger partial charge in [-0.15, -0.1) is 0 Å². The number of halogens is 1. The van der Waals surface area contributed by atoms with Crippen molar-refractivity contribution in [3.63, 3.8) is 0 Å². The molecule has 0 radical (unpaired) electrons. The van der Waals surface area contributed by atoms with E-state index in [1.54, 1.807) is 6.07 Å². The van der Waals surface area contributed by atoms with Crippen LogP contribution in [0.1, 0.15) is 27.2 Å². The maximum atomic E-state index is 13.8. The van der Waals surface area contributed by atoms with Crippen molar-refractivity contribution in [1.82, 2.24) is 0 Å². The van der Waals surface area contributed by atoms with Gasteiger partial charge in [0.2, 0.25) is 0 Å². The van der Waals surface area contributed by atoms with Crippen LogP contribution in [0.25, 0.3) is 0 Å². The molecule has 1 aromatic rings. The number of nitrogen functional groups attached to an aromatic ring is 1. The molecular formula is C15H23FN2O2. The Morgan fingerprint density at radius 3 is 2.85 bits per heavy atom. The van der Waals surface area contributed by atoms with Crippen molar-refractivity contribution in [2.24, 2.45) is 0 Å². The van der Waals surface area contributed by atoms with E-state index in [1.807, 2.05) is 20.8 Å². The van der Waals surface area contributed by atoms with Gasteiger partial charge in [0.1, 0.15) is 0 Å². The summed E-state index contributed by atoms with van der Waals surface area (Å²) in [7, 11) is 0. The molecule has 112 valence electrons. The summed E-state index contributed by atoms with van der Waals surface area (Å²) in [6.07, 6.45) is 0.837. The van der Waals surface area contributed by atoms with Gasteiger partial charge in [-0.25, -0.2) is 4.39 Å². The molecule has 0 atom stereocenters. The lowest BCUT2D eigenvalue weighted by molar-refractivity contribution is -0.0276. The number of nitrogens with zero attached hydrogens (tertiary/aromatic N) is 1. The zero-order valence-corrected chi connectivity index (χ0v) is 12.4. The first-order valence-corrected chi connectivity index (χ1v) is 7.03. The van der Waals surface area contributed by atoms with Crippen LogP contribution in [0.5, 0.6) is 5.75 Å². The number of anilines is 2. The maximum absolute atomic E-state index is 13.8. The fourth-order valence-electron chi connectivity index (χ4n) is 2.38. The van der Waals surface area contributed by atoms with Crippen LogP contribution >= 0.6 is 0 Å². The van der Waals surface area contributed by atoms with Gasteiger partial charge >= 0.3 is 0 Å². The maximum Gasteiger partial charge on any atom is 0.167 e. The first-order chi connectivity index (χ1) is 9.43. The van der Waals surface area contributed by atoms with Crippen molar-refractivity contribution >= 4 is 11.4 Å². The van der Waals surface area contributed by atoms with Gasteiger partial charge in [-0.1, -0.05) is 6.92 Å². The van der Waals surface area contributed by atoms with Crippen LogP contribution in [-0.4, -0.2) is 31.9 Å². The zero-order valence-electron chi connectivity index (χ0n) is 12.4. The van der Waals surface area contributed by atoms with E-state index < -0.39 is 5.82 Å². The quantitative estimate of drug-likeness (QED) is 0.863. The largest absolute Gasteiger partial charge is 0.490 e. The lowest BCUT2D eigenvalue weighted by atomic mass is 10.1. The molecule has 1 saturated heterocycles. The second-order valence-corrected chi connectivity index (χ2v) is 5.72. The average Bonchev–Trinajstić information content (AvgIpc) is 2.36. The van der Waals surface area contributed by atoms with Crippen molar-refractivity contribution < 1.29 is 13.9 Å². The first kappa shape index (κ1) is 14.9. The molecule has 0 unspecified atom stereocenters. The average molecular weight is 282 g/mol. The molecule has 1 aromatic carbocycles. The minimum Gasteiger partial charge on any atom is -0.490 e. The van der Waals surface area contributed by atoms with Crippen LogP contribution in [-0.2, 0) is 4.74 Å². The highest BCUT2D eigenvalue weighted by atomic mass is 19.1. The molecule has 0 aromatic heterocycles. The molecule has 1 heterocycles. The highest BCUT2D eigenvalue weighted by Crippen LogP contribution is 2.33. The minimum absolute atomic E-state index is 0.233. The second-order valence-electron chi connectivity index (χ2n) is 5.72. The van der Waals surface area contributed by atoms with Crippen molar-refractivity contribution in [2.75, 3.05) is 36.9 Å². The molecule has 0 spiro atoms. The molecule has 5 heteroatoms. The van der Waals surface area contributed by atoms with Crippen molar-refractivity contribution in [3.05, 3.63) is 17.9 Å². The Morgan fingerprint density at radius 1 is 1.45 bits per heavy atom. The number of ether oxygens (including phenoxy) is 2. The Bertz CT molecular complexity index is 477. The Labute approximate surface area is 119 Å². The molecule has 2 rings (SSSR count). The van der Waals surface area contributed by atoms with Gasteiger partial charge in [0.05, 0.1) is 30.2 Å². The van der Waals surface area contributed by atoms with Gasteiger partial charge < -0.3 is 20.1 Å². The third kappa shape index (κ3) is 3.33. The molecule has 1 aliphatic heterocycles. The van der Waals surface area contributed by atoms with Crippen LogP contribution in [0.4, 0.5) is 15.8 Å². The van der Waals surface area contributed by atoms with E-state index in [0.717, 1.165) is 25.2 Å². The molecule has 2 N–H and O–H groups in total.